The van der Waals surface area contributed by atoms with E-state index in [1.54, 1.807) is 0 Å². The molecule has 18 heavy (non-hydrogen) atoms. The third-order valence-corrected chi connectivity index (χ3v) is 3.24. The van der Waals surface area contributed by atoms with Crippen molar-refractivity contribution in [3.63, 3.8) is 0 Å². The maximum absolute atomic E-state index is 9.33. The van der Waals surface area contributed by atoms with E-state index in [0.29, 0.717) is 19.8 Å². The van der Waals surface area contributed by atoms with Gasteiger partial charge in [0.2, 0.25) is 0 Å². The summed E-state index contributed by atoms with van der Waals surface area (Å²) in [5.74, 6) is 0.926. The van der Waals surface area contributed by atoms with Crippen molar-refractivity contribution >= 4 is 0 Å². The van der Waals surface area contributed by atoms with Crippen LogP contribution < -0.4 is 10.1 Å². The highest BCUT2D eigenvalue weighted by molar-refractivity contribution is 5.33. The van der Waals surface area contributed by atoms with Crippen LogP contribution in [0.4, 0.5) is 0 Å². The first-order valence-corrected chi connectivity index (χ1v) is 6.40. The zero-order chi connectivity index (χ0) is 12.8. The average Bonchev–Trinajstić information content (AvgIpc) is 2.35. The van der Waals surface area contributed by atoms with Crippen molar-refractivity contribution in [2.24, 2.45) is 5.41 Å². The molecule has 1 aliphatic heterocycles. The molecule has 0 spiro atoms. The number of benzene rings is 1. The second kappa shape index (κ2) is 6.18. The Bertz CT molecular complexity index is 372. The van der Waals surface area contributed by atoms with Crippen molar-refractivity contribution in [3.8, 4) is 5.75 Å². The van der Waals surface area contributed by atoms with Crippen molar-refractivity contribution in [2.45, 2.75) is 13.5 Å². The van der Waals surface area contributed by atoms with E-state index < -0.39 is 0 Å². The fraction of sp³-hybridized carbons (Fsp3) is 0.571. The SMILES string of the molecule is CCOc1ccccc1CNCC1(CO)COC1. The van der Waals surface area contributed by atoms with Crippen molar-refractivity contribution < 1.29 is 14.6 Å². The van der Waals surface area contributed by atoms with E-state index in [1.807, 2.05) is 25.1 Å². The molecule has 1 aliphatic rings. The van der Waals surface area contributed by atoms with Crippen LogP contribution >= 0.6 is 0 Å². The normalized spacial score (nSPS) is 17.2. The molecule has 1 saturated heterocycles. The molecule has 2 rings (SSSR count). The molecule has 0 atom stereocenters. The van der Waals surface area contributed by atoms with Crippen LogP contribution in [0.3, 0.4) is 0 Å². The highest BCUT2D eigenvalue weighted by atomic mass is 16.5. The molecule has 1 heterocycles. The first kappa shape index (κ1) is 13.3. The summed E-state index contributed by atoms with van der Waals surface area (Å²) >= 11 is 0. The summed E-state index contributed by atoms with van der Waals surface area (Å²) in [5, 5.41) is 12.7. The van der Waals surface area contributed by atoms with Crippen molar-refractivity contribution in [3.05, 3.63) is 29.8 Å². The Labute approximate surface area is 108 Å². The van der Waals surface area contributed by atoms with Gasteiger partial charge in [0, 0.05) is 18.7 Å². The molecule has 2 N–H and O–H groups in total. The lowest BCUT2D eigenvalue weighted by Gasteiger charge is -2.40. The second-order valence-electron chi connectivity index (χ2n) is 4.80. The van der Waals surface area contributed by atoms with E-state index in [-0.39, 0.29) is 12.0 Å². The van der Waals surface area contributed by atoms with E-state index in [2.05, 4.69) is 11.4 Å². The molecule has 4 nitrogen and oxygen atoms in total. The second-order valence-corrected chi connectivity index (χ2v) is 4.80. The lowest BCUT2D eigenvalue weighted by atomic mass is 9.87. The van der Waals surface area contributed by atoms with Crippen LogP contribution in [0.25, 0.3) is 0 Å². The number of para-hydroxylation sites is 1. The number of ether oxygens (including phenoxy) is 2. The number of hydrogen-bond acceptors (Lipinski definition) is 4. The molecule has 1 aromatic rings. The Hall–Kier alpha value is -1.10. The standard InChI is InChI=1S/C14H21NO3/c1-2-18-13-6-4-3-5-12(13)7-15-8-14(9-16)10-17-11-14/h3-6,15-16H,2,7-11H2,1H3. The third-order valence-electron chi connectivity index (χ3n) is 3.24. The van der Waals surface area contributed by atoms with Gasteiger partial charge in [-0.2, -0.15) is 0 Å². The third kappa shape index (κ3) is 3.02. The molecular weight excluding hydrogens is 230 g/mol. The van der Waals surface area contributed by atoms with Gasteiger partial charge in [-0.15, -0.1) is 0 Å². The topological polar surface area (TPSA) is 50.7 Å². The molecule has 0 bridgehead atoms. The van der Waals surface area contributed by atoms with Gasteiger partial charge in [-0.25, -0.2) is 0 Å². The summed E-state index contributed by atoms with van der Waals surface area (Å²) in [7, 11) is 0. The molecule has 1 aromatic carbocycles. The minimum absolute atomic E-state index is 0.0828. The Kier molecular flexibility index (Phi) is 4.58. The summed E-state index contributed by atoms with van der Waals surface area (Å²) in [5.41, 5.74) is 1.06. The lowest BCUT2D eigenvalue weighted by molar-refractivity contribution is -0.134. The lowest BCUT2D eigenvalue weighted by Crippen LogP contribution is -2.52. The number of aliphatic hydroxyl groups is 1. The molecule has 100 valence electrons. The fourth-order valence-electron chi connectivity index (χ4n) is 2.05. The van der Waals surface area contributed by atoms with Crippen LogP contribution in [0.15, 0.2) is 24.3 Å². The summed E-state index contributed by atoms with van der Waals surface area (Å²) in [6.45, 7) is 5.63. The predicted octanol–water partition coefficient (Wildman–Crippen LogP) is 1.18. The number of nitrogens with one attached hydrogen (secondary N) is 1. The summed E-state index contributed by atoms with van der Waals surface area (Å²) in [6, 6.07) is 8.02. The van der Waals surface area contributed by atoms with Gasteiger partial charge in [0.25, 0.3) is 0 Å². The molecular formula is C14H21NO3. The molecule has 0 aliphatic carbocycles. The minimum atomic E-state index is -0.0828. The van der Waals surface area contributed by atoms with Gasteiger partial charge in [0.05, 0.1) is 31.8 Å². The number of rotatable bonds is 7. The van der Waals surface area contributed by atoms with Crippen LogP contribution in [-0.2, 0) is 11.3 Å². The monoisotopic (exact) mass is 251 g/mol. The molecule has 0 unspecified atom stereocenters. The molecule has 0 radical (unpaired) electrons. The molecule has 0 saturated carbocycles. The Morgan fingerprint density at radius 3 is 2.78 bits per heavy atom. The maximum atomic E-state index is 9.33. The smallest absolute Gasteiger partial charge is 0.123 e. The van der Waals surface area contributed by atoms with Crippen LogP contribution in [0, 0.1) is 5.41 Å². The van der Waals surface area contributed by atoms with Gasteiger partial charge in [0.1, 0.15) is 5.75 Å². The average molecular weight is 251 g/mol. The number of aliphatic hydroxyl groups excluding tert-OH is 1. The van der Waals surface area contributed by atoms with Crippen LogP contribution in [-0.4, -0.2) is 38.1 Å². The molecule has 0 amide bonds. The van der Waals surface area contributed by atoms with Gasteiger partial charge in [0.15, 0.2) is 0 Å². The van der Waals surface area contributed by atoms with Crippen molar-refractivity contribution in [1.29, 1.82) is 0 Å². The van der Waals surface area contributed by atoms with E-state index in [0.717, 1.165) is 24.4 Å². The van der Waals surface area contributed by atoms with E-state index in [9.17, 15) is 5.11 Å². The van der Waals surface area contributed by atoms with Crippen LogP contribution in [0.2, 0.25) is 0 Å². The van der Waals surface area contributed by atoms with E-state index in [4.69, 9.17) is 9.47 Å². The van der Waals surface area contributed by atoms with Crippen LogP contribution in [0.1, 0.15) is 12.5 Å². The quantitative estimate of drug-likeness (QED) is 0.764. The predicted molar refractivity (Wildman–Crippen MR) is 69.7 cm³/mol. The largest absolute Gasteiger partial charge is 0.494 e. The zero-order valence-corrected chi connectivity index (χ0v) is 10.8. The van der Waals surface area contributed by atoms with Gasteiger partial charge in [-0.3, -0.25) is 0 Å². The Balaban J connectivity index is 1.86. The molecule has 1 fully saturated rings. The Morgan fingerprint density at radius 2 is 2.17 bits per heavy atom. The Morgan fingerprint density at radius 1 is 1.39 bits per heavy atom. The van der Waals surface area contributed by atoms with E-state index >= 15 is 0 Å². The minimum Gasteiger partial charge on any atom is -0.494 e. The van der Waals surface area contributed by atoms with Crippen molar-refractivity contribution in [1.82, 2.24) is 5.32 Å². The number of hydrogen-bond donors (Lipinski definition) is 2. The van der Waals surface area contributed by atoms with Crippen molar-refractivity contribution in [2.75, 3.05) is 33.0 Å². The highest BCUT2D eigenvalue weighted by Crippen LogP contribution is 2.26. The van der Waals surface area contributed by atoms with Gasteiger partial charge in [-0.05, 0) is 13.0 Å². The highest BCUT2D eigenvalue weighted by Gasteiger charge is 2.37. The fourth-order valence-corrected chi connectivity index (χ4v) is 2.05. The van der Waals surface area contributed by atoms with Gasteiger partial charge in [-0.1, -0.05) is 18.2 Å². The maximum Gasteiger partial charge on any atom is 0.123 e. The summed E-state index contributed by atoms with van der Waals surface area (Å²) < 4.78 is 10.7. The first-order chi connectivity index (χ1) is 8.79. The van der Waals surface area contributed by atoms with Gasteiger partial charge < -0.3 is 19.9 Å². The summed E-state index contributed by atoms with van der Waals surface area (Å²) in [4.78, 5) is 0. The first-order valence-electron chi connectivity index (χ1n) is 6.40. The van der Waals surface area contributed by atoms with E-state index in [1.165, 1.54) is 0 Å². The summed E-state index contributed by atoms with van der Waals surface area (Å²) in [6.07, 6.45) is 0. The molecule has 4 heteroatoms. The van der Waals surface area contributed by atoms with Gasteiger partial charge >= 0.3 is 0 Å². The zero-order valence-electron chi connectivity index (χ0n) is 10.8. The van der Waals surface area contributed by atoms with Crippen LogP contribution in [0.5, 0.6) is 5.75 Å². The molecule has 0 aromatic heterocycles.